The van der Waals surface area contributed by atoms with Gasteiger partial charge in [0, 0.05) is 0 Å². The molecule has 0 aromatic carbocycles. The number of aliphatic hydroxyl groups is 1. The van der Waals surface area contributed by atoms with Gasteiger partial charge in [0.1, 0.15) is 0 Å². The number of hydrogen-bond acceptors (Lipinski definition) is 1. The van der Waals surface area contributed by atoms with E-state index in [0.717, 1.165) is 39.2 Å². The fourth-order valence-electron chi connectivity index (χ4n) is 6.90. The molecule has 0 aromatic rings. The van der Waals surface area contributed by atoms with Crippen LogP contribution in [0.5, 0.6) is 0 Å². The molecule has 3 fully saturated rings. The fraction of sp³-hybridized carbons (Fsp3) is 0.810. The predicted molar refractivity (Wildman–Crippen MR) is 100 cm³/mol. The van der Waals surface area contributed by atoms with Crippen LogP contribution in [0.1, 0.15) is 65.2 Å². The third-order valence-electron chi connectivity index (χ3n) is 8.24. The molecule has 23 heavy (non-hydrogen) atoms. The van der Waals surface area contributed by atoms with Crippen molar-refractivity contribution >= 4 is 8.58 Å². The van der Waals surface area contributed by atoms with Crippen molar-refractivity contribution in [3.8, 4) is 0 Å². The van der Waals surface area contributed by atoms with Gasteiger partial charge in [0.05, 0.1) is 6.10 Å². The van der Waals surface area contributed by atoms with Crippen LogP contribution in [0.25, 0.3) is 0 Å². The first-order chi connectivity index (χ1) is 11.0. The van der Waals surface area contributed by atoms with Crippen LogP contribution in [0, 0.1) is 28.6 Å². The lowest BCUT2D eigenvalue weighted by Gasteiger charge is -2.57. The molecule has 0 radical (unpaired) electrons. The lowest BCUT2D eigenvalue weighted by atomic mass is 9.48. The number of hydrogen-bond donors (Lipinski definition) is 1. The summed E-state index contributed by atoms with van der Waals surface area (Å²) in [6.07, 6.45) is 12.5. The Morgan fingerprint density at radius 1 is 1.13 bits per heavy atom. The molecule has 1 nitrogen and oxygen atoms in total. The second-order valence-electron chi connectivity index (χ2n) is 9.11. The van der Waals surface area contributed by atoms with Gasteiger partial charge in [0.25, 0.3) is 0 Å². The van der Waals surface area contributed by atoms with Crippen molar-refractivity contribution in [3.63, 3.8) is 0 Å². The summed E-state index contributed by atoms with van der Waals surface area (Å²) in [6.45, 7) is 7.43. The van der Waals surface area contributed by atoms with Crippen molar-refractivity contribution in [1.29, 1.82) is 0 Å². The monoisotopic (exact) mass is 332 g/mol. The van der Waals surface area contributed by atoms with Gasteiger partial charge in [0.15, 0.2) is 0 Å². The first-order valence-corrected chi connectivity index (χ1v) is 11.3. The summed E-state index contributed by atoms with van der Waals surface area (Å²) in [6, 6.07) is 0. The number of allylic oxidation sites excluding steroid dienone is 2. The van der Waals surface area contributed by atoms with Crippen molar-refractivity contribution in [2.24, 2.45) is 28.6 Å². The minimum absolute atomic E-state index is 0.0775. The van der Waals surface area contributed by atoms with E-state index in [2.05, 4.69) is 32.4 Å². The van der Waals surface area contributed by atoms with Crippen molar-refractivity contribution in [3.05, 3.63) is 23.0 Å². The molecule has 0 bridgehead atoms. The Morgan fingerprint density at radius 2 is 1.87 bits per heavy atom. The van der Waals surface area contributed by atoms with Crippen LogP contribution in [0.3, 0.4) is 0 Å². The summed E-state index contributed by atoms with van der Waals surface area (Å²) >= 11 is 0. The van der Waals surface area contributed by atoms with Gasteiger partial charge in [-0.15, -0.1) is 8.58 Å². The van der Waals surface area contributed by atoms with Gasteiger partial charge in [-0.25, -0.2) is 0 Å². The Hall–Kier alpha value is -0.130. The zero-order valence-electron chi connectivity index (χ0n) is 15.1. The van der Waals surface area contributed by atoms with Crippen molar-refractivity contribution < 1.29 is 5.11 Å². The smallest absolute Gasteiger partial charge is 0.0577 e. The second-order valence-corrected chi connectivity index (χ2v) is 9.98. The number of fused-ring (bicyclic) bond motifs is 5. The maximum absolute atomic E-state index is 10.1. The lowest BCUT2D eigenvalue weighted by molar-refractivity contribution is -0.0267. The third-order valence-corrected chi connectivity index (χ3v) is 8.88. The summed E-state index contributed by atoms with van der Waals surface area (Å²) in [7, 11) is 0.967. The molecular formula is C21H33OP. The Kier molecular flexibility index (Phi) is 4.05. The van der Waals surface area contributed by atoms with Gasteiger partial charge in [-0.05, 0) is 86.6 Å². The standard InChI is InChI=1S/C21H33OP/c1-20-10-8-16(22)12-14(20)4-6-17-18-7-5-15(13-23-3)21(18,2)11-9-19(17)20/h4,13,16-19,22-23H,5-12H2,1-3H3/b15-13+/t16?,17?,18?,19?,20-,21+/m0/s1. The van der Waals surface area contributed by atoms with Crippen LogP contribution < -0.4 is 0 Å². The van der Waals surface area contributed by atoms with E-state index in [-0.39, 0.29) is 6.10 Å². The van der Waals surface area contributed by atoms with Crippen LogP contribution in [0.4, 0.5) is 0 Å². The Morgan fingerprint density at radius 3 is 2.65 bits per heavy atom. The molecule has 0 aromatic heterocycles. The molecule has 4 aliphatic rings. The van der Waals surface area contributed by atoms with Crippen LogP contribution in [-0.2, 0) is 0 Å². The van der Waals surface area contributed by atoms with Gasteiger partial charge in [-0.3, -0.25) is 0 Å². The van der Waals surface area contributed by atoms with E-state index in [1.807, 2.05) is 0 Å². The SMILES string of the molecule is CP/C=C1\CCC2C3CC=C4CC(O)CC[C@]4(C)C3CC[C@]12C. The van der Waals surface area contributed by atoms with Gasteiger partial charge in [-0.2, -0.15) is 0 Å². The van der Waals surface area contributed by atoms with E-state index in [1.165, 1.54) is 38.5 Å². The first kappa shape index (κ1) is 16.3. The van der Waals surface area contributed by atoms with E-state index in [9.17, 15) is 5.11 Å². The zero-order valence-corrected chi connectivity index (χ0v) is 16.1. The summed E-state index contributed by atoms with van der Waals surface area (Å²) < 4.78 is 0. The molecular weight excluding hydrogens is 299 g/mol. The molecule has 0 spiro atoms. The third kappa shape index (κ3) is 2.33. The maximum Gasteiger partial charge on any atom is 0.0577 e. The summed E-state index contributed by atoms with van der Waals surface area (Å²) in [5.74, 6) is 5.24. The highest BCUT2D eigenvalue weighted by Crippen LogP contribution is 2.66. The molecule has 0 aliphatic heterocycles. The molecule has 2 heteroatoms. The minimum Gasteiger partial charge on any atom is -0.393 e. The fourth-order valence-corrected chi connectivity index (χ4v) is 7.72. The number of rotatable bonds is 1. The Labute approximate surface area is 143 Å². The van der Waals surface area contributed by atoms with E-state index in [0.29, 0.717) is 10.8 Å². The van der Waals surface area contributed by atoms with Crippen LogP contribution in [-0.4, -0.2) is 17.9 Å². The van der Waals surface area contributed by atoms with E-state index >= 15 is 0 Å². The van der Waals surface area contributed by atoms with Crippen LogP contribution >= 0.6 is 8.58 Å². The van der Waals surface area contributed by atoms with Gasteiger partial charge in [-0.1, -0.05) is 36.9 Å². The van der Waals surface area contributed by atoms with Gasteiger partial charge < -0.3 is 5.11 Å². The van der Waals surface area contributed by atoms with E-state index in [1.54, 1.807) is 11.1 Å². The zero-order chi connectivity index (χ0) is 16.2. The Balaban J connectivity index is 1.66. The molecule has 4 aliphatic carbocycles. The highest BCUT2D eigenvalue weighted by Gasteiger charge is 2.56. The molecule has 5 unspecified atom stereocenters. The van der Waals surface area contributed by atoms with E-state index in [4.69, 9.17) is 0 Å². The van der Waals surface area contributed by atoms with Gasteiger partial charge in [0.2, 0.25) is 0 Å². The highest BCUT2D eigenvalue weighted by atomic mass is 31.1. The largest absolute Gasteiger partial charge is 0.393 e. The summed E-state index contributed by atoms with van der Waals surface area (Å²) in [5, 5.41) is 10.1. The minimum atomic E-state index is -0.0775. The second kappa shape index (κ2) is 5.70. The van der Waals surface area contributed by atoms with Crippen LogP contribution in [0.2, 0.25) is 0 Å². The van der Waals surface area contributed by atoms with Crippen molar-refractivity contribution in [2.45, 2.75) is 71.3 Å². The molecule has 3 saturated carbocycles. The average Bonchev–Trinajstić information content (AvgIpc) is 2.85. The average molecular weight is 332 g/mol. The van der Waals surface area contributed by atoms with Gasteiger partial charge >= 0.3 is 0 Å². The maximum atomic E-state index is 10.1. The molecule has 4 rings (SSSR count). The summed E-state index contributed by atoms with van der Waals surface area (Å²) in [5.41, 5.74) is 4.29. The first-order valence-electron chi connectivity index (χ1n) is 9.73. The molecule has 0 heterocycles. The lowest BCUT2D eigenvalue weighted by Crippen LogP contribution is -2.49. The molecule has 0 amide bonds. The number of aliphatic hydroxyl groups excluding tert-OH is 1. The Bertz CT molecular complexity index is 550. The molecule has 1 N–H and O–H groups in total. The van der Waals surface area contributed by atoms with Crippen LogP contribution in [0.15, 0.2) is 23.0 Å². The van der Waals surface area contributed by atoms with Crippen molar-refractivity contribution in [1.82, 2.24) is 0 Å². The molecule has 7 atom stereocenters. The van der Waals surface area contributed by atoms with Crippen molar-refractivity contribution in [2.75, 3.05) is 6.66 Å². The topological polar surface area (TPSA) is 20.2 Å². The predicted octanol–water partition coefficient (Wildman–Crippen LogP) is 5.50. The molecule has 128 valence electrons. The van der Waals surface area contributed by atoms with E-state index < -0.39 is 0 Å². The highest BCUT2D eigenvalue weighted by molar-refractivity contribution is 7.40. The quantitative estimate of drug-likeness (QED) is 0.496. The normalized spacial score (nSPS) is 51.5. The summed E-state index contributed by atoms with van der Waals surface area (Å²) in [4.78, 5) is 0. The molecule has 0 saturated heterocycles.